The van der Waals surface area contributed by atoms with E-state index in [9.17, 15) is 4.79 Å². The van der Waals surface area contributed by atoms with Crippen LogP contribution in [0, 0.1) is 0 Å². The molecule has 5 heteroatoms. The van der Waals surface area contributed by atoms with Gasteiger partial charge in [0.05, 0.1) is 4.88 Å². The van der Waals surface area contributed by atoms with Crippen molar-refractivity contribution in [3.63, 3.8) is 0 Å². The summed E-state index contributed by atoms with van der Waals surface area (Å²) in [7, 11) is 0. The van der Waals surface area contributed by atoms with Crippen molar-refractivity contribution < 1.29 is 4.79 Å². The predicted octanol–water partition coefficient (Wildman–Crippen LogP) is 4.44. The van der Waals surface area contributed by atoms with E-state index in [1.807, 2.05) is 11.0 Å². The second-order valence-electron chi connectivity index (χ2n) is 6.28. The molecule has 1 saturated heterocycles. The summed E-state index contributed by atoms with van der Waals surface area (Å²) < 4.78 is 2.44. The quantitative estimate of drug-likeness (QED) is 0.754. The minimum atomic E-state index is 0.192. The van der Waals surface area contributed by atoms with Crippen LogP contribution in [0.5, 0.6) is 0 Å². The minimum absolute atomic E-state index is 0.192. The van der Waals surface area contributed by atoms with Crippen LogP contribution in [0.4, 0.5) is 0 Å². The number of hydrogen-bond acceptors (Lipinski definition) is 4. The van der Waals surface area contributed by atoms with Gasteiger partial charge in [-0.1, -0.05) is 24.3 Å². The Kier molecular flexibility index (Phi) is 4.39. The smallest absolute Gasteiger partial charge is 0.263 e. The highest BCUT2D eigenvalue weighted by molar-refractivity contribution is 7.27. The van der Waals surface area contributed by atoms with E-state index in [2.05, 4.69) is 35.7 Å². The Balaban J connectivity index is 1.43. The summed E-state index contributed by atoms with van der Waals surface area (Å²) in [5.41, 5.74) is 8.29. The summed E-state index contributed by atoms with van der Waals surface area (Å²) in [4.78, 5) is 15.6. The third-order valence-corrected chi connectivity index (χ3v) is 6.87. The molecule has 124 valence electrons. The fourth-order valence-electron chi connectivity index (χ4n) is 3.42. The number of piperidine rings is 1. The van der Waals surface area contributed by atoms with Crippen LogP contribution in [0.2, 0.25) is 0 Å². The highest BCUT2D eigenvalue weighted by Crippen LogP contribution is 2.33. The lowest BCUT2D eigenvalue weighted by atomic mass is 9.88. The molecule has 0 spiro atoms. The van der Waals surface area contributed by atoms with E-state index in [1.165, 1.54) is 20.5 Å². The molecule has 1 fully saturated rings. The molecule has 1 amide bonds. The molecule has 0 aliphatic carbocycles. The summed E-state index contributed by atoms with van der Waals surface area (Å²) in [6.45, 7) is 2.25. The number of carbonyl (C=O) groups excluding carboxylic acids is 1. The van der Waals surface area contributed by atoms with Crippen molar-refractivity contribution in [2.75, 3.05) is 13.1 Å². The van der Waals surface area contributed by atoms with Gasteiger partial charge in [0.25, 0.3) is 5.91 Å². The predicted molar refractivity (Wildman–Crippen MR) is 102 cm³/mol. The van der Waals surface area contributed by atoms with Crippen molar-refractivity contribution >= 4 is 38.0 Å². The Morgan fingerprint density at radius 3 is 2.75 bits per heavy atom. The maximum atomic E-state index is 12.7. The number of likely N-dealkylation sites (tertiary alicyclic amines) is 1. The molecule has 0 radical (unpaired) electrons. The zero-order chi connectivity index (χ0) is 16.5. The highest BCUT2D eigenvalue weighted by atomic mass is 32.1. The molecule has 2 N–H and O–H groups in total. The van der Waals surface area contributed by atoms with Gasteiger partial charge in [0.15, 0.2) is 0 Å². The van der Waals surface area contributed by atoms with E-state index in [1.54, 1.807) is 22.7 Å². The zero-order valence-corrected chi connectivity index (χ0v) is 15.0. The molecule has 2 aromatic heterocycles. The van der Waals surface area contributed by atoms with Gasteiger partial charge in [-0.05, 0) is 47.4 Å². The number of nitrogens with zero attached hydrogens (tertiary/aromatic N) is 1. The van der Waals surface area contributed by atoms with Crippen LogP contribution in [0.15, 0.2) is 41.8 Å². The number of benzene rings is 1. The van der Waals surface area contributed by atoms with Crippen LogP contribution >= 0.6 is 22.7 Å². The highest BCUT2D eigenvalue weighted by Gasteiger charge is 2.25. The van der Waals surface area contributed by atoms with Gasteiger partial charge in [0.1, 0.15) is 0 Å². The molecular formula is C19H20N2OS2. The molecule has 24 heavy (non-hydrogen) atoms. The van der Waals surface area contributed by atoms with Crippen LogP contribution in [0.1, 0.15) is 39.6 Å². The van der Waals surface area contributed by atoms with Crippen LogP contribution in [0.3, 0.4) is 0 Å². The average Bonchev–Trinajstić information content (AvgIpc) is 3.23. The first-order chi connectivity index (χ1) is 11.7. The summed E-state index contributed by atoms with van der Waals surface area (Å²) in [6.07, 6.45) is 2.05. The van der Waals surface area contributed by atoms with Crippen molar-refractivity contribution in [3.05, 3.63) is 57.8 Å². The number of nitrogens with two attached hydrogens (primary N) is 1. The Labute approximate surface area is 149 Å². The summed E-state index contributed by atoms with van der Waals surface area (Å²) in [5.74, 6) is 0.727. The lowest BCUT2D eigenvalue weighted by molar-refractivity contribution is 0.0718. The van der Waals surface area contributed by atoms with E-state index in [4.69, 9.17) is 5.73 Å². The molecule has 4 rings (SSSR count). The number of fused-ring (bicyclic) bond motifs is 1. The van der Waals surface area contributed by atoms with Crippen LogP contribution < -0.4 is 5.73 Å². The fourth-order valence-corrected chi connectivity index (χ4v) is 5.49. The monoisotopic (exact) mass is 356 g/mol. The van der Waals surface area contributed by atoms with Gasteiger partial charge in [0, 0.05) is 29.0 Å². The van der Waals surface area contributed by atoms with Gasteiger partial charge in [-0.3, -0.25) is 4.79 Å². The van der Waals surface area contributed by atoms with Gasteiger partial charge in [-0.25, -0.2) is 0 Å². The zero-order valence-electron chi connectivity index (χ0n) is 13.4. The Morgan fingerprint density at radius 2 is 2.00 bits per heavy atom. The van der Waals surface area contributed by atoms with Crippen molar-refractivity contribution in [3.8, 4) is 0 Å². The number of rotatable bonds is 3. The molecule has 0 unspecified atom stereocenters. The Bertz CT molecular complexity index is 831. The summed E-state index contributed by atoms with van der Waals surface area (Å²) >= 11 is 3.32. The molecular weight excluding hydrogens is 336 g/mol. The molecule has 3 nitrogen and oxygen atoms in total. The standard InChI is InChI=1S/C19H20N2OS2/c20-12-13-2-1-3-15(10-13)14-4-7-21(8-5-14)19(22)18-11-17-16(24-18)6-9-23-17/h1-3,6,9-11,14H,4-5,7-8,12,20H2. The first-order valence-electron chi connectivity index (χ1n) is 8.30. The van der Waals surface area contributed by atoms with Gasteiger partial charge < -0.3 is 10.6 Å². The van der Waals surface area contributed by atoms with Crippen molar-refractivity contribution in [1.29, 1.82) is 0 Å². The van der Waals surface area contributed by atoms with Crippen LogP contribution in [-0.4, -0.2) is 23.9 Å². The van der Waals surface area contributed by atoms with Crippen molar-refractivity contribution in [1.82, 2.24) is 4.90 Å². The minimum Gasteiger partial charge on any atom is -0.338 e. The topological polar surface area (TPSA) is 46.3 Å². The molecule has 0 atom stereocenters. The van der Waals surface area contributed by atoms with Gasteiger partial charge in [0.2, 0.25) is 0 Å². The largest absolute Gasteiger partial charge is 0.338 e. The normalized spacial score (nSPS) is 16.0. The summed E-state index contributed by atoms with van der Waals surface area (Å²) in [6, 6.07) is 12.7. The molecule has 0 bridgehead atoms. The van der Waals surface area contributed by atoms with E-state index in [0.717, 1.165) is 30.8 Å². The number of thiophene rings is 2. The maximum absolute atomic E-state index is 12.7. The lowest BCUT2D eigenvalue weighted by Crippen LogP contribution is -2.37. The van der Waals surface area contributed by atoms with E-state index >= 15 is 0 Å². The SMILES string of the molecule is NCc1cccc(C2CCN(C(=O)c3cc4sccc4s3)CC2)c1. The van der Waals surface area contributed by atoms with E-state index in [0.29, 0.717) is 12.5 Å². The first kappa shape index (κ1) is 15.8. The second-order valence-corrected chi connectivity index (χ2v) is 8.31. The van der Waals surface area contributed by atoms with Crippen molar-refractivity contribution in [2.45, 2.75) is 25.3 Å². The second kappa shape index (κ2) is 6.67. The van der Waals surface area contributed by atoms with E-state index < -0.39 is 0 Å². The third-order valence-electron chi connectivity index (χ3n) is 4.79. The first-order valence-corrected chi connectivity index (χ1v) is 9.99. The van der Waals surface area contributed by atoms with Crippen molar-refractivity contribution in [2.24, 2.45) is 5.73 Å². The van der Waals surface area contributed by atoms with E-state index in [-0.39, 0.29) is 5.91 Å². The molecule has 1 aliphatic rings. The average molecular weight is 357 g/mol. The molecule has 3 aromatic rings. The van der Waals surface area contributed by atoms with Gasteiger partial charge in [-0.2, -0.15) is 0 Å². The number of hydrogen-bond donors (Lipinski definition) is 1. The molecule has 1 aromatic carbocycles. The Hall–Kier alpha value is -1.69. The van der Waals surface area contributed by atoms with Gasteiger partial charge >= 0.3 is 0 Å². The van der Waals surface area contributed by atoms with Crippen LogP contribution in [0.25, 0.3) is 9.40 Å². The molecule has 0 saturated carbocycles. The molecule has 1 aliphatic heterocycles. The molecule has 3 heterocycles. The number of carbonyl (C=O) groups is 1. The fraction of sp³-hybridized carbons (Fsp3) is 0.316. The third kappa shape index (κ3) is 2.99. The Morgan fingerprint density at radius 1 is 1.17 bits per heavy atom. The van der Waals surface area contributed by atoms with Crippen LogP contribution in [-0.2, 0) is 6.54 Å². The maximum Gasteiger partial charge on any atom is 0.263 e. The van der Waals surface area contributed by atoms with Gasteiger partial charge in [-0.15, -0.1) is 22.7 Å². The number of amides is 1. The summed E-state index contributed by atoms with van der Waals surface area (Å²) in [5, 5.41) is 2.08. The lowest BCUT2D eigenvalue weighted by Gasteiger charge is -2.32.